The van der Waals surface area contributed by atoms with Gasteiger partial charge in [0.1, 0.15) is 0 Å². The van der Waals surface area contributed by atoms with Crippen molar-refractivity contribution < 1.29 is 4.79 Å². The van der Waals surface area contributed by atoms with Crippen LogP contribution in [0.1, 0.15) is 29.6 Å². The fourth-order valence-electron chi connectivity index (χ4n) is 2.94. The molecule has 1 fully saturated rings. The van der Waals surface area contributed by atoms with E-state index in [1.807, 2.05) is 35.4 Å². The summed E-state index contributed by atoms with van der Waals surface area (Å²) < 4.78 is 2.04. The lowest BCUT2D eigenvalue weighted by molar-refractivity contribution is -0.122. The fourth-order valence-corrected chi connectivity index (χ4v) is 4.08. The Labute approximate surface area is 144 Å². The molecule has 2 aromatic heterocycles. The first-order valence-corrected chi connectivity index (χ1v) is 9.76. The van der Waals surface area contributed by atoms with Crippen molar-refractivity contribution in [2.24, 2.45) is 7.05 Å². The Morgan fingerprint density at radius 3 is 3.09 bits per heavy atom. The highest BCUT2D eigenvalue weighted by Crippen LogP contribution is 2.31. The Hall–Kier alpha value is -1.38. The van der Waals surface area contributed by atoms with Gasteiger partial charge in [-0.1, -0.05) is 17.8 Å². The topological polar surface area (TPSA) is 63.1 Å². The molecule has 1 amide bonds. The number of amides is 1. The minimum Gasteiger partial charge on any atom is -0.350 e. The number of hydrogen-bond donors (Lipinski definition) is 1. The molecule has 3 heterocycles. The predicted octanol–water partition coefficient (Wildman–Crippen LogP) is 2.05. The molecule has 1 N–H and O–H groups in total. The van der Waals surface area contributed by atoms with Gasteiger partial charge in [-0.2, -0.15) is 0 Å². The van der Waals surface area contributed by atoms with Gasteiger partial charge in [-0.15, -0.1) is 21.5 Å². The van der Waals surface area contributed by atoms with Gasteiger partial charge in [-0.25, -0.2) is 0 Å². The van der Waals surface area contributed by atoms with E-state index in [9.17, 15) is 4.79 Å². The second-order valence-electron chi connectivity index (χ2n) is 5.59. The molecule has 1 saturated heterocycles. The second-order valence-corrected chi connectivity index (χ2v) is 7.39. The van der Waals surface area contributed by atoms with Crippen molar-refractivity contribution in [3.8, 4) is 0 Å². The van der Waals surface area contributed by atoms with Crippen molar-refractivity contribution in [3.05, 3.63) is 28.2 Å². The Bertz CT molecular complexity index is 655. The maximum Gasteiger partial charge on any atom is 0.234 e. The van der Waals surface area contributed by atoms with Gasteiger partial charge in [-0.3, -0.25) is 9.69 Å². The van der Waals surface area contributed by atoms with Crippen molar-refractivity contribution in [1.29, 1.82) is 0 Å². The van der Waals surface area contributed by atoms with Crippen LogP contribution in [0.15, 0.2) is 22.7 Å². The third-order valence-electron chi connectivity index (χ3n) is 4.10. The Kier molecular flexibility index (Phi) is 5.34. The zero-order valence-corrected chi connectivity index (χ0v) is 15.0. The van der Waals surface area contributed by atoms with E-state index in [-0.39, 0.29) is 11.9 Å². The second kappa shape index (κ2) is 7.46. The van der Waals surface area contributed by atoms with Crippen molar-refractivity contribution in [3.63, 3.8) is 0 Å². The van der Waals surface area contributed by atoms with Gasteiger partial charge in [0.05, 0.1) is 19.1 Å². The molecule has 0 spiro atoms. The van der Waals surface area contributed by atoms with E-state index in [1.54, 1.807) is 23.1 Å². The monoisotopic (exact) mass is 351 g/mol. The summed E-state index contributed by atoms with van der Waals surface area (Å²) in [7, 11) is 1.99. The molecule has 1 aliphatic heterocycles. The summed E-state index contributed by atoms with van der Waals surface area (Å²) >= 11 is 3.25. The van der Waals surface area contributed by atoms with E-state index in [0.29, 0.717) is 13.1 Å². The lowest BCUT2D eigenvalue weighted by Crippen LogP contribution is -2.37. The van der Waals surface area contributed by atoms with E-state index in [1.165, 1.54) is 4.88 Å². The van der Waals surface area contributed by atoms with Crippen molar-refractivity contribution in [1.82, 2.24) is 25.0 Å². The molecule has 124 valence electrons. The molecule has 0 radical (unpaired) electrons. The molecular formula is C15H21N5OS2. The van der Waals surface area contributed by atoms with Gasteiger partial charge in [-0.05, 0) is 37.1 Å². The van der Waals surface area contributed by atoms with Crippen molar-refractivity contribution >= 4 is 29.0 Å². The molecule has 6 nitrogen and oxygen atoms in total. The third-order valence-corrected chi connectivity index (χ3v) is 5.70. The van der Waals surface area contributed by atoms with Crippen LogP contribution in [0.5, 0.6) is 0 Å². The van der Waals surface area contributed by atoms with Crippen LogP contribution < -0.4 is 5.32 Å². The van der Waals surface area contributed by atoms with Gasteiger partial charge in [0.2, 0.25) is 5.91 Å². The summed E-state index contributed by atoms with van der Waals surface area (Å²) in [6.45, 7) is 1.95. The lowest BCUT2D eigenvalue weighted by Gasteiger charge is -2.23. The summed E-state index contributed by atoms with van der Waals surface area (Å²) in [5.74, 6) is 1.02. The fraction of sp³-hybridized carbons (Fsp3) is 0.533. The summed E-state index contributed by atoms with van der Waals surface area (Å²) in [5, 5.41) is 14.5. The first-order chi connectivity index (χ1) is 11.2. The van der Waals surface area contributed by atoms with Crippen LogP contribution in [-0.4, -0.2) is 44.9 Å². The Morgan fingerprint density at radius 2 is 2.39 bits per heavy atom. The molecule has 0 bridgehead atoms. The first kappa shape index (κ1) is 16.5. The number of likely N-dealkylation sites (tertiary alicyclic amines) is 1. The molecule has 23 heavy (non-hydrogen) atoms. The molecule has 0 unspecified atom stereocenters. The molecule has 8 heteroatoms. The van der Waals surface area contributed by atoms with Crippen LogP contribution >= 0.6 is 23.1 Å². The number of thioether (sulfide) groups is 1. The van der Waals surface area contributed by atoms with Crippen molar-refractivity contribution in [2.45, 2.75) is 30.6 Å². The van der Waals surface area contributed by atoms with E-state index < -0.39 is 0 Å². The number of aromatic nitrogens is 3. The SMILES string of the molecule is CSc1nnc([C@H]2CCCN2CC(=O)NCc2cccs2)n1C. The number of nitrogens with zero attached hydrogens (tertiary/aromatic N) is 4. The number of thiophene rings is 1. The van der Waals surface area contributed by atoms with E-state index in [0.717, 1.165) is 30.4 Å². The molecule has 2 aromatic rings. The van der Waals surface area contributed by atoms with Crippen molar-refractivity contribution in [2.75, 3.05) is 19.3 Å². The van der Waals surface area contributed by atoms with Gasteiger partial charge in [0.25, 0.3) is 0 Å². The van der Waals surface area contributed by atoms with E-state index in [4.69, 9.17) is 0 Å². The average molecular weight is 352 g/mol. The van der Waals surface area contributed by atoms with Gasteiger partial charge in [0.15, 0.2) is 11.0 Å². The molecule has 1 atom stereocenters. The van der Waals surface area contributed by atoms with Gasteiger partial charge < -0.3 is 9.88 Å². The number of rotatable bonds is 6. The zero-order valence-electron chi connectivity index (χ0n) is 13.4. The van der Waals surface area contributed by atoms with Crippen LogP contribution in [0.25, 0.3) is 0 Å². The molecule has 0 aromatic carbocycles. The molecule has 3 rings (SSSR count). The quantitative estimate of drug-likeness (QED) is 0.807. The molecule has 0 aliphatic carbocycles. The minimum absolute atomic E-state index is 0.0672. The summed E-state index contributed by atoms with van der Waals surface area (Å²) in [5.41, 5.74) is 0. The zero-order chi connectivity index (χ0) is 16.2. The molecular weight excluding hydrogens is 330 g/mol. The van der Waals surface area contributed by atoms with Crippen LogP contribution in [0.4, 0.5) is 0 Å². The van der Waals surface area contributed by atoms with E-state index in [2.05, 4.69) is 20.4 Å². The first-order valence-electron chi connectivity index (χ1n) is 7.65. The number of nitrogens with one attached hydrogen (secondary N) is 1. The highest BCUT2D eigenvalue weighted by atomic mass is 32.2. The van der Waals surface area contributed by atoms with Crippen LogP contribution in [0, 0.1) is 0 Å². The minimum atomic E-state index is 0.0672. The van der Waals surface area contributed by atoms with Crippen LogP contribution in [-0.2, 0) is 18.4 Å². The van der Waals surface area contributed by atoms with E-state index >= 15 is 0 Å². The lowest BCUT2D eigenvalue weighted by atomic mass is 10.2. The number of hydrogen-bond acceptors (Lipinski definition) is 6. The highest BCUT2D eigenvalue weighted by Gasteiger charge is 2.31. The third kappa shape index (κ3) is 3.76. The summed E-state index contributed by atoms with van der Waals surface area (Å²) in [4.78, 5) is 15.6. The Balaban J connectivity index is 1.60. The molecule has 1 aliphatic rings. The summed E-state index contributed by atoms with van der Waals surface area (Å²) in [6.07, 6.45) is 4.11. The smallest absolute Gasteiger partial charge is 0.234 e. The summed E-state index contributed by atoms with van der Waals surface area (Å²) in [6, 6.07) is 4.22. The highest BCUT2D eigenvalue weighted by molar-refractivity contribution is 7.98. The maximum atomic E-state index is 12.2. The van der Waals surface area contributed by atoms with Gasteiger partial charge >= 0.3 is 0 Å². The largest absolute Gasteiger partial charge is 0.350 e. The number of carbonyl (C=O) groups excluding carboxylic acids is 1. The average Bonchev–Trinajstić information content (AvgIpc) is 3.26. The molecule has 0 saturated carbocycles. The normalized spacial score (nSPS) is 18.4. The Morgan fingerprint density at radius 1 is 1.52 bits per heavy atom. The number of carbonyl (C=O) groups is 1. The predicted molar refractivity (Wildman–Crippen MR) is 92.5 cm³/mol. The van der Waals surface area contributed by atoms with Gasteiger partial charge in [0, 0.05) is 11.9 Å². The standard InChI is InChI=1S/C15H21N5OS2/c1-19-14(17-18-15(19)22-2)12-6-3-7-20(12)10-13(21)16-9-11-5-4-8-23-11/h4-5,8,12H,3,6-7,9-10H2,1-2H3,(H,16,21)/t12-/m1/s1. The van der Waals surface area contributed by atoms with Crippen LogP contribution in [0.3, 0.4) is 0 Å². The van der Waals surface area contributed by atoms with Crippen LogP contribution in [0.2, 0.25) is 0 Å². The maximum absolute atomic E-state index is 12.2.